The molecule has 2 heterocycles. The quantitative estimate of drug-likeness (QED) is 0.610. The monoisotopic (exact) mass is 462 g/mol. The van der Waals surface area contributed by atoms with Crippen molar-refractivity contribution in [3.8, 4) is 11.5 Å². The zero-order valence-corrected chi connectivity index (χ0v) is 19.7. The van der Waals surface area contributed by atoms with Crippen LogP contribution in [0.15, 0.2) is 42.5 Å². The first-order valence-corrected chi connectivity index (χ1v) is 12.1. The Morgan fingerprint density at radius 2 is 1.76 bits per heavy atom. The fourth-order valence-corrected chi connectivity index (χ4v) is 5.38. The van der Waals surface area contributed by atoms with E-state index in [1.165, 1.54) is 11.3 Å². The summed E-state index contributed by atoms with van der Waals surface area (Å²) in [6, 6.07) is 12.8. The average Bonchev–Trinajstić information content (AvgIpc) is 3.44. The minimum atomic E-state index is -0.221. The molecule has 3 amide bonds. The summed E-state index contributed by atoms with van der Waals surface area (Å²) in [6.45, 7) is 5.14. The summed E-state index contributed by atoms with van der Waals surface area (Å²) in [7, 11) is 0. The Kier molecular flexibility index (Phi) is 6.02. The van der Waals surface area contributed by atoms with Crippen molar-refractivity contribution < 1.29 is 23.9 Å². The van der Waals surface area contributed by atoms with Gasteiger partial charge in [0.1, 0.15) is 0 Å². The van der Waals surface area contributed by atoms with Crippen molar-refractivity contribution in [2.45, 2.75) is 58.5 Å². The van der Waals surface area contributed by atoms with E-state index in [1.807, 2.05) is 23.1 Å². The SMILES string of the molecule is CC1CCCC(N(Cc2ccc3c(c2)OCO3)C(=O)c2cccc(N3C(=O)CCC3=O)c2)C1C. The van der Waals surface area contributed by atoms with Crippen molar-refractivity contribution in [1.29, 1.82) is 0 Å². The number of nitrogens with zero attached hydrogens (tertiary/aromatic N) is 2. The number of hydrogen-bond acceptors (Lipinski definition) is 5. The van der Waals surface area contributed by atoms with Crippen LogP contribution in [-0.4, -0.2) is 35.5 Å². The Balaban J connectivity index is 1.47. The van der Waals surface area contributed by atoms with E-state index in [0.29, 0.717) is 41.1 Å². The molecule has 2 fully saturated rings. The van der Waals surface area contributed by atoms with Crippen molar-refractivity contribution in [2.24, 2.45) is 11.8 Å². The molecule has 0 aromatic heterocycles. The normalized spacial score (nSPS) is 23.9. The maximum absolute atomic E-state index is 13.9. The lowest BCUT2D eigenvalue weighted by Gasteiger charge is -2.42. The van der Waals surface area contributed by atoms with Crippen LogP contribution >= 0.6 is 0 Å². The van der Waals surface area contributed by atoms with Gasteiger partial charge in [-0.25, -0.2) is 0 Å². The van der Waals surface area contributed by atoms with E-state index >= 15 is 0 Å². The van der Waals surface area contributed by atoms with Crippen molar-refractivity contribution in [1.82, 2.24) is 4.90 Å². The molecule has 2 aliphatic heterocycles. The first-order chi connectivity index (χ1) is 16.4. The van der Waals surface area contributed by atoms with E-state index in [0.717, 1.165) is 18.4 Å². The van der Waals surface area contributed by atoms with Gasteiger partial charge in [-0.15, -0.1) is 0 Å². The Labute approximate surface area is 199 Å². The van der Waals surface area contributed by atoms with Gasteiger partial charge in [0, 0.05) is 31.0 Å². The third kappa shape index (κ3) is 4.15. The predicted octanol–water partition coefficient (Wildman–Crippen LogP) is 4.54. The van der Waals surface area contributed by atoms with Gasteiger partial charge < -0.3 is 14.4 Å². The number of imide groups is 1. The molecule has 3 aliphatic rings. The third-order valence-corrected chi connectivity index (χ3v) is 7.52. The molecular weight excluding hydrogens is 432 g/mol. The molecule has 7 heteroatoms. The Bertz CT molecular complexity index is 1110. The van der Waals surface area contributed by atoms with E-state index in [1.54, 1.807) is 24.3 Å². The molecule has 0 N–H and O–H groups in total. The average molecular weight is 463 g/mol. The number of carbonyl (C=O) groups is 3. The van der Waals surface area contributed by atoms with Gasteiger partial charge in [0.15, 0.2) is 11.5 Å². The fraction of sp³-hybridized carbons (Fsp3) is 0.444. The molecule has 2 aromatic rings. The van der Waals surface area contributed by atoms with Crippen molar-refractivity contribution >= 4 is 23.4 Å². The molecule has 7 nitrogen and oxygen atoms in total. The molecule has 3 atom stereocenters. The van der Waals surface area contributed by atoms with Crippen LogP contribution in [0.4, 0.5) is 5.69 Å². The highest BCUT2D eigenvalue weighted by atomic mass is 16.7. The summed E-state index contributed by atoms with van der Waals surface area (Å²) in [5.74, 6) is 1.76. The number of hydrogen-bond donors (Lipinski definition) is 0. The number of benzene rings is 2. The summed E-state index contributed by atoms with van der Waals surface area (Å²) in [6.07, 6.45) is 3.62. The molecule has 5 rings (SSSR count). The lowest BCUT2D eigenvalue weighted by Crippen LogP contribution is -2.47. The highest BCUT2D eigenvalue weighted by Gasteiger charge is 2.35. The van der Waals surface area contributed by atoms with E-state index in [-0.39, 0.29) is 43.4 Å². The minimum absolute atomic E-state index is 0.0930. The van der Waals surface area contributed by atoms with E-state index < -0.39 is 0 Å². The molecule has 0 spiro atoms. The second kappa shape index (κ2) is 9.12. The van der Waals surface area contributed by atoms with Crippen LogP contribution in [0, 0.1) is 11.8 Å². The van der Waals surface area contributed by atoms with Crippen LogP contribution in [0.5, 0.6) is 11.5 Å². The van der Waals surface area contributed by atoms with Gasteiger partial charge in [0.05, 0.1) is 5.69 Å². The maximum atomic E-state index is 13.9. The van der Waals surface area contributed by atoms with E-state index in [2.05, 4.69) is 13.8 Å². The van der Waals surface area contributed by atoms with E-state index in [4.69, 9.17) is 9.47 Å². The summed E-state index contributed by atoms with van der Waals surface area (Å²) < 4.78 is 11.0. The number of amides is 3. The van der Waals surface area contributed by atoms with Gasteiger partial charge in [-0.1, -0.05) is 38.8 Å². The van der Waals surface area contributed by atoms with Crippen LogP contribution in [0.1, 0.15) is 61.9 Å². The first-order valence-electron chi connectivity index (χ1n) is 12.1. The van der Waals surface area contributed by atoms with Gasteiger partial charge in [0.25, 0.3) is 5.91 Å². The highest BCUT2D eigenvalue weighted by molar-refractivity contribution is 6.20. The third-order valence-electron chi connectivity index (χ3n) is 7.52. The minimum Gasteiger partial charge on any atom is -0.454 e. The molecule has 1 aliphatic carbocycles. The van der Waals surface area contributed by atoms with Crippen molar-refractivity contribution in [2.75, 3.05) is 11.7 Å². The van der Waals surface area contributed by atoms with Gasteiger partial charge in [0.2, 0.25) is 18.6 Å². The maximum Gasteiger partial charge on any atom is 0.254 e. The molecule has 0 radical (unpaired) electrons. The summed E-state index contributed by atoms with van der Waals surface area (Å²) >= 11 is 0. The highest BCUT2D eigenvalue weighted by Crippen LogP contribution is 2.37. The molecule has 0 bridgehead atoms. The lowest BCUT2D eigenvalue weighted by molar-refractivity contribution is -0.121. The standard InChI is InChI=1S/C27H30N2O5/c1-17-5-3-8-22(18(17)2)28(15-19-9-10-23-24(13-19)34-16-33-23)27(32)20-6-4-7-21(14-20)29-25(30)11-12-26(29)31/h4,6-7,9-10,13-14,17-18,22H,3,5,8,11-12,15-16H2,1-2H3. The molecule has 34 heavy (non-hydrogen) atoms. The number of rotatable bonds is 5. The second-order valence-corrected chi connectivity index (χ2v) is 9.63. The Morgan fingerprint density at radius 1 is 1.00 bits per heavy atom. The van der Waals surface area contributed by atoms with Crippen molar-refractivity contribution in [3.05, 3.63) is 53.6 Å². The molecule has 1 saturated carbocycles. The predicted molar refractivity (Wildman–Crippen MR) is 127 cm³/mol. The molecule has 3 unspecified atom stereocenters. The van der Waals surface area contributed by atoms with Gasteiger partial charge in [-0.3, -0.25) is 19.3 Å². The van der Waals surface area contributed by atoms with Crippen LogP contribution < -0.4 is 14.4 Å². The summed E-state index contributed by atoms with van der Waals surface area (Å²) in [4.78, 5) is 41.6. The van der Waals surface area contributed by atoms with Crippen LogP contribution in [0.2, 0.25) is 0 Å². The van der Waals surface area contributed by atoms with Gasteiger partial charge in [-0.05, 0) is 54.2 Å². The number of fused-ring (bicyclic) bond motifs is 1. The first kappa shape index (κ1) is 22.4. The Morgan fingerprint density at radius 3 is 2.56 bits per heavy atom. The second-order valence-electron chi connectivity index (χ2n) is 9.63. The van der Waals surface area contributed by atoms with E-state index in [9.17, 15) is 14.4 Å². The van der Waals surface area contributed by atoms with Crippen LogP contribution in [0.3, 0.4) is 0 Å². The molecule has 1 saturated heterocycles. The molecule has 178 valence electrons. The lowest BCUT2D eigenvalue weighted by atomic mass is 9.77. The largest absolute Gasteiger partial charge is 0.454 e. The number of carbonyl (C=O) groups excluding carboxylic acids is 3. The zero-order chi connectivity index (χ0) is 23.8. The smallest absolute Gasteiger partial charge is 0.254 e. The topological polar surface area (TPSA) is 76.2 Å². The zero-order valence-electron chi connectivity index (χ0n) is 19.7. The van der Waals surface area contributed by atoms with Crippen molar-refractivity contribution in [3.63, 3.8) is 0 Å². The number of anilines is 1. The fourth-order valence-electron chi connectivity index (χ4n) is 5.38. The van der Waals surface area contributed by atoms with Crippen LogP contribution in [0.25, 0.3) is 0 Å². The summed E-state index contributed by atoms with van der Waals surface area (Å²) in [5.41, 5.74) is 1.92. The van der Waals surface area contributed by atoms with Crippen LogP contribution in [-0.2, 0) is 16.1 Å². The summed E-state index contributed by atoms with van der Waals surface area (Å²) in [5, 5.41) is 0. The Hall–Kier alpha value is -3.35. The van der Waals surface area contributed by atoms with Gasteiger partial charge in [-0.2, -0.15) is 0 Å². The number of ether oxygens (including phenoxy) is 2. The molecular formula is C27H30N2O5. The molecule has 2 aromatic carbocycles. The van der Waals surface area contributed by atoms with Gasteiger partial charge >= 0.3 is 0 Å².